The van der Waals surface area contributed by atoms with Crippen LogP contribution in [0.15, 0.2) is 6.20 Å². The number of nitrogens with zero attached hydrogens (tertiary/aromatic N) is 3. The summed E-state index contributed by atoms with van der Waals surface area (Å²) in [5, 5.41) is 10.5. The second-order valence-electron chi connectivity index (χ2n) is 7.05. The Morgan fingerprint density at radius 1 is 1.37 bits per heavy atom. The molecule has 1 amide bonds. The summed E-state index contributed by atoms with van der Waals surface area (Å²) in [6.07, 6.45) is 4.82. The molecule has 1 saturated heterocycles. The van der Waals surface area contributed by atoms with E-state index in [1.54, 1.807) is 0 Å². The molecule has 0 atom stereocenters. The molecule has 9 heteroatoms. The van der Waals surface area contributed by atoms with Crippen LogP contribution in [0.4, 0.5) is 5.13 Å². The predicted octanol–water partition coefficient (Wildman–Crippen LogP) is 3.19. The van der Waals surface area contributed by atoms with E-state index in [1.807, 2.05) is 11.8 Å². The predicted molar refractivity (Wildman–Crippen MR) is 104 cm³/mol. The van der Waals surface area contributed by atoms with Crippen LogP contribution in [0, 0.1) is 6.92 Å². The van der Waals surface area contributed by atoms with Crippen LogP contribution < -0.4 is 4.90 Å². The number of aromatic amines is 1. The van der Waals surface area contributed by atoms with Crippen LogP contribution >= 0.6 is 22.9 Å². The number of hydrogen-bond donors (Lipinski definition) is 2. The zero-order chi connectivity index (χ0) is 19.1. The first-order valence-electron chi connectivity index (χ1n) is 9.07. The summed E-state index contributed by atoms with van der Waals surface area (Å²) in [5.74, 6) is -0.905. The molecule has 2 aromatic heterocycles. The van der Waals surface area contributed by atoms with Crippen LogP contribution in [0.1, 0.15) is 50.7 Å². The third-order valence-electron chi connectivity index (χ3n) is 5.39. The molecular formula is C18H21ClN4O3S. The Labute approximate surface area is 166 Å². The fourth-order valence-corrected chi connectivity index (χ4v) is 5.01. The van der Waals surface area contributed by atoms with Gasteiger partial charge in [0, 0.05) is 36.9 Å². The number of aromatic carboxylic acids is 1. The molecule has 144 valence electrons. The van der Waals surface area contributed by atoms with Gasteiger partial charge in [-0.3, -0.25) is 4.79 Å². The molecular weight excluding hydrogens is 388 g/mol. The largest absolute Gasteiger partial charge is 0.477 e. The number of carboxylic acid groups (broad SMARTS) is 1. The Morgan fingerprint density at radius 3 is 2.78 bits per heavy atom. The Kier molecular flexibility index (Phi) is 4.86. The van der Waals surface area contributed by atoms with E-state index in [0.29, 0.717) is 10.7 Å². The minimum Gasteiger partial charge on any atom is -0.477 e. The van der Waals surface area contributed by atoms with Crippen molar-refractivity contribution in [3.63, 3.8) is 0 Å². The fourth-order valence-electron chi connectivity index (χ4n) is 3.97. The van der Waals surface area contributed by atoms with Crippen molar-refractivity contribution < 1.29 is 14.7 Å². The maximum Gasteiger partial charge on any atom is 0.347 e. The van der Waals surface area contributed by atoms with Crippen molar-refractivity contribution >= 4 is 39.9 Å². The molecule has 27 heavy (non-hydrogen) atoms. The molecule has 0 aromatic carbocycles. The number of aromatic nitrogens is 2. The van der Waals surface area contributed by atoms with Crippen molar-refractivity contribution in [2.75, 3.05) is 24.5 Å². The van der Waals surface area contributed by atoms with Crippen molar-refractivity contribution in [2.24, 2.45) is 0 Å². The van der Waals surface area contributed by atoms with E-state index in [-0.39, 0.29) is 16.8 Å². The van der Waals surface area contributed by atoms with Crippen LogP contribution in [0.3, 0.4) is 0 Å². The summed E-state index contributed by atoms with van der Waals surface area (Å²) >= 11 is 7.55. The Balaban J connectivity index is 1.46. The number of nitrogens with one attached hydrogen (secondary N) is 1. The Hall–Kier alpha value is -2.06. The number of amides is 1. The van der Waals surface area contributed by atoms with E-state index in [0.717, 1.165) is 61.7 Å². The van der Waals surface area contributed by atoms with Gasteiger partial charge in [0.1, 0.15) is 10.6 Å². The minimum atomic E-state index is -0.945. The highest BCUT2D eigenvalue weighted by atomic mass is 35.5. The first kappa shape index (κ1) is 18.3. The van der Waals surface area contributed by atoms with E-state index in [2.05, 4.69) is 14.9 Å². The highest BCUT2D eigenvalue weighted by Crippen LogP contribution is 2.32. The molecule has 4 heterocycles. The number of hydrogen-bond acceptors (Lipinski definition) is 5. The van der Waals surface area contributed by atoms with Crippen LogP contribution in [-0.2, 0) is 6.42 Å². The number of aryl methyl sites for hydroxylation is 1. The van der Waals surface area contributed by atoms with Gasteiger partial charge >= 0.3 is 5.97 Å². The van der Waals surface area contributed by atoms with Crippen molar-refractivity contribution in [1.29, 1.82) is 0 Å². The number of carbonyl (C=O) groups is 2. The molecule has 0 bridgehead atoms. The second-order valence-corrected chi connectivity index (χ2v) is 8.44. The number of piperidine rings is 1. The van der Waals surface area contributed by atoms with Crippen molar-refractivity contribution in [3.05, 3.63) is 33.0 Å². The van der Waals surface area contributed by atoms with Gasteiger partial charge in [-0.15, -0.1) is 0 Å². The molecule has 0 unspecified atom stereocenters. The van der Waals surface area contributed by atoms with E-state index in [4.69, 9.17) is 16.7 Å². The Bertz CT molecular complexity index is 885. The maximum atomic E-state index is 13.1. The average molecular weight is 409 g/mol. The third kappa shape index (κ3) is 3.32. The first-order valence-corrected chi connectivity index (χ1v) is 10.3. The summed E-state index contributed by atoms with van der Waals surface area (Å²) in [5.41, 5.74) is 2.44. The van der Waals surface area contributed by atoms with E-state index in [1.165, 1.54) is 17.5 Å². The highest BCUT2D eigenvalue weighted by Gasteiger charge is 2.33. The van der Waals surface area contributed by atoms with Crippen LogP contribution in [0.5, 0.6) is 0 Å². The third-order valence-corrected chi connectivity index (χ3v) is 6.95. The van der Waals surface area contributed by atoms with Gasteiger partial charge in [0.2, 0.25) is 0 Å². The average Bonchev–Trinajstić information content (AvgIpc) is 3.21. The zero-order valence-electron chi connectivity index (χ0n) is 15.0. The molecule has 0 aliphatic carbocycles. The van der Waals surface area contributed by atoms with Crippen molar-refractivity contribution in [1.82, 2.24) is 14.9 Å². The van der Waals surface area contributed by atoms with Crippen molar-refractivity contribution in [3.8, 4) is 0 Å². The zero-order valence-corrected chi connectivity index (χ0v) is 16.6. The van der Waals surface area contributed by atoms with E-state index >= 15 is 0 Å². The summed E-state index contributed by atoms with van der Waals surface area (Å²) in [6, 6.07) is 0.181. The van der Waals surface area contributed by atoms with Gasteiger partial charge in [0.25, 0.3) is 5.91 Å². The normalized spacial score (nSPS) is 18.5. The number of rotatable bonds is 3. The molecule has 2 aliphatic rings. The quantitative estimate of drug-likeness (QED) is 0.814. The summed E-state index contributed by atoms with van der Waals surface area (Å²) < 4.78 is 0. The number of anilines is 1. The number of thiazole rings is 1. The van der Waals surface area contributed by atoms with Gasteiger partial charge in [-0.25, -0.2) is 9.78 Å². The highest BCUT2D eigenvalue weighted by molar-refractivity contribution is 7.17. The second kappa shape index (κ2) is 7.16. The molecule has 2 N–H and O–H groups in total. The molecule has 0 saturated carbocycles. The number of H-pyrrole nitrogens is 1. The maximum absolute atomic E-state index is 13.1. The smallest absolute Gasteiger partial charge is 0.347 e. The number of halogens is 1. The minimum absolute atomic E-state index is 0.0402. The number of carbonyl (C=O) groups excluding carboxylic acids is 1. The van der Waals surface area contributed by atoms with E-state index < -0.39 is 5.97 Å². The lowest BCUT2D eigenvalue weighted by Crippen LogP contribution is -2.47. The van der Waals surface area contributed by atoms with Gasteiger partial charge in [-0.1, -0.05) is 22.9 Å². The molecule has 1 fully saturated rings. The molecule has 7 nitrogen and oxygen atoms in total. The standard InChI is InChI=1S/C18H21ClN4O3S/c1-10-14(19)12-3-2-6-23(16(24)15(12)21-10)11-4-7-22(8-5-11)18-20-9-13(27-18)17(25)26/h9,11,21H,2-8H2,1H3,(H,25,26). The van der Waals surface area contributed by atoms with Crippen LogP contribution in [-0.4, -0.2) is 57.5 Å². The van der Waals surface area contributed by atoms with Gasteiger partial charge in [0.15, 0.2) is 5.13 Å². The van der Waals surface area contributed by atoms with Crippen molar-refractivity contribution in [2.45, 2.75) is 38.6 Å². The summed E-state index contributed by atoms with van der Waals surface area (Å²) in [6.45, 7) is 4.16. The number of fused-ring (bicyclic) bond motifs is 1. The summed E-state index contributed by atoms with van der Waals surface area (Å²) in [7, 11) is 0. The van der Waals surface area contributed by atoms with Gasteiger partial charge in [0.05, 0.1) is 11.2 Å². The van der Waals surface area contributed by atoms with E-state index in [9.17, 15) is 9.59 Å². The lowest BCUT2D eigenvalue weighted by atomic mass is 10.0. The summed E-state index contributed by atoms with van der Waals surface area (Å²) in [4.78, 5) is 35.9. The van der Waals surface area contributed by atoms with Crippen LogP contribution in [0.2, 0.25) is 5.02 Å². The van der Waals surface area contributed by atoms with Gasteiger partial charge < -0.3 is 19.9 Å². The molecule has 4 rings (SSSR count). The SMILES string of the molecule is Cc1[nH]c2c(c1Cl)CCCN(C1CCN(c3ncc(C(=O)O)s3)CC1)C2=O. The topological polar surface area (TPSA) is 89.5 Å². The van der Waals surface area contributed by atoms with Crippen LogP contribution in [0.25, 0.3) is 0 Å². The molecule has 0 spiro atoms. The Morgan fingerprint density at radius 2 is 2.11 bits per heavy atom. The first-order chi connectivity index (χ1) is 13.0. The number of carboxylic acids is 1. The molecule has 0 radical (unpaired) electrons. The molecule has 2 aromatic rings. The lowest BCUT2D eigenvalue weighted by Gasteiger charge is -2.38. The van der Waals surface area contributed by atoms with Gasteiger partial charge in [-0.05, 0) is 32.6 Å². The molecule has 2 aliphatic heterocycles. The fraction of sp³-hybridized carbons (Fsp3) is 0.500. The lowest BCUT2D eigenvalue weighted by molar-refractivity contribution is 0.0649. The van der Waals surface area contributed by atoms with Gasteiger partial charge in [-0.2, -0.15) is 0 Å². The monoisotopic (exact) mass is 408 g/mol.